The minimum atomic E-state index is 0.796. The molecule has 0 aromatic carbocycles. The Labute approximate surface area is 81.3 Å². The summed E-state index contributed by atoms with van der Waals surface area (Å²) in [5.41, 5.74) is 0. The first-order valence-electron chi connectivity index (χ1n) is 2.59. The summed E-state index contributed by atoms with van der Waals surface area (Å²) in [5.74, 6) is 0.850. The molecule has 0 spiro atoms. The van der Waals surface area contributed by atoms with Gasteiger partial charge in [0.1, 0.15) is 10.4 Å². The van der Waals surface area contributed by atoms with Gasteiger partial charge in [0.25, 0.3) is 0 Å². The summed E-state index contributed by atoms with van der Waals surface area (Å²) in [5, 5.41) is 0. The first-order chi connectivity index (χ1) is 4.74. The van der Waals surface area contributed by atoms with Crippen LogP contribution in [0.3, 0.4) is 0 Å². The lowest BCUT2D eigenvalue weighted by Gasteiger charge is -2.00. The van der Waals surface area contributed by atoms with Crippen LogP contribution < -0.4 is 4.74 Å². The van der Waals surface area contributed by atoms with Crippen LogP contribution in [0.5, 0.6) is 5.75 Å². The number of ether oxygens (including phenoxy) is 1. The van der Waals surface area contributed by atoms with Crippen LogP contribution in [0.15, 0.2) is 16.9 Å². The summed E-state index contributed by atoms with van der Waals surface area (Å²) in [7, 11) is 1.64. The molecule has 2 nitrogen and oxygen atoms in total. The average molecular weight is 314 g/mol. The molecular formula is C6H5BrINO. The molecule has 0 fully saturated rings. The Bertz CT molecular complexity index is 241. The molecular weight excluding hydrogens is 309 g/mol. The van der Waals surface area contributed by atoms with Gasteiger partial charge < -0.3 is 4.74 Å². The van der Waals surface area contributed by atoms with Crippen molar-refractivity contribution in [1.29, 1.82) is 0 Å². The van der Waals surface area contributed by atoms with E-state index in [0.717, 1.165) is 13.9 Å². The third-order valence-electron chi connectivity index (χ3n) is 1.01. The summed E-state index contributed by atoms with van der Waals surface area (Å²) in [6.07, 6.45) is 1.75. The van der Waals surface area contributed by atoms with Gasteiger partial charge in [-0.3, -0.25) is 0 Å². The highest BCUT2D eigenvalue weighted by Gasteiger charge is 1.98. The minimum absolute atomic E-state index is 0.796. The Balaban J connectivity index is 3.09. The summed E-state index contributed by atoms with van der Waals surface area (Å²) >= 11 is 5.41. The molecule has 0 N–H and O–H groups in total. The second-order valence-corrected chi connectivity index (χ2v) is 3.62. The molecule has 0 unspecified atom stereocenters. The van der Waals surface area contributed by atoms with Gasteiger partial charge in [0, 0.05) is 12.3 Å². The van der Waals surface area contributed by atoms with E-state index in [1.54, 1.807) is 13.3 Å². The van der Waals surface area contributed by atoms with Gasteiger partial charge in [-0.2, -0.15) is 0 Å². The molecule has 0 bridgehead atoms. The van der Waals surface area contributed by atoms with Gasteiger partial charge in [0.2, 0.25) is 0 Å². The van der Waals surface area contributed by atoms with Crippen LogP contribution >= 0.6 is 38.5 Å². The van der Waals surface area contributed by atoms with E-state index in [-0.39, 0.29) is 0 Å². The Morgan fingerprint density at radius 3 is 2.90 bits per heavy atom. The third-order valence-corrected chi connectivity index (χ3v) is 2.25. The highest BCUT2D eigenvalue weighted by atomic mass is 127. The number of halogens is 2. The number of nitrogens with zero attached hydrogens (tertiary/aromatic N) is 1. The predicted molar refractivity (Wildman–Crippen MR) is 51.2 cm³/mol. The highest BCUT2D eigenvalue weighted by Crippen LogP contribution is 2.21. The van der Waals surface area contributed by atoms with Crippen molar-refractivity contribution in [1.82, 2.24) is 4.98 Å². The van der Waals surface area contributed by atoms with Crippen LogP contribution in [0.2, 0.25) is 0 Å². The van der Waals surface area contributed by atoms with Crippen molar-refractivity contribution in [2.45, 2.75) is 0 Å². The van der Waals surface area contributed by atoms with E-state index in [2.05, 4.69) is 43.5 Å². The van der Waals surface area contributed by atoms with Gasteiger partial charge in [-0.15, -0.1) is 0 Å². The zero-order valence-electron chi connectivity index (χ0n) is 5.27. The smallest absolute Gasteiger partial charge is 0.136 e. The van der Waals surface area contributed by atoms with Gasteiger partial charge in [0.05, 0.1) is 10.7 Å². The maximum absolute atomic E-state index is 5.05. The summed E-state index contributed by atoms with van der Waals surface area (Å²) in [6, 6.07) is 1.84. The second kappa shape index (κ2) is 3.52. The fraction of sp³-hybridized carbons (Fsp3) is 0.167. The first kappa shape index (κ1) is 8.26. The number of hydrogen-bond acceptors (Lipinski definition) is 2. The SMILES string of the molecule is COc1cc(Br)ncc1I. The Hall–Kier alpha value is 0.160. The second-order valence-electron chi connectivity index (χ2n) is 1.64. The molecule has 10 heavy (non-hydrogen) atoms. The summed E-state index contributed by atoms with van der Waals surface area (Å²) in [4.78, 5) is 4.02. The molecule has 0 aliphatic heterocycles. The minimum Gasteiger partial charge on any atom is -0.495 e. The van der Waals surface area contributed by atoms with E-state index < -0.39 is 0 Å². The van der Waals surface area contributed by atoms with Crippen molar-refractivity contribution in [3.05, 3.63) is 20.4 Å². The van der Waals surface area contributed by atoms with Crippen LogP contribution in [-0.4, -0.2) is 12.1 Å². The van der Waals surface area contributed by atoms with Crippen molar-refractivity contribution in [3.8, 4) is 5.75 Å². The van der Waals surface area contributed by atoms with E-state index in [9.17, 15) is 0 Å². The molecule has 1 aromatic heterocycles. The van der Waals surface area contributed by atoms with Gasteiger partial charge in [-0.25, -0.2) is 4.98 Å². The molecule has 1 aromatic rings. The quantitative estimate of drug-likeness (QED) is 0.587. The maximum atomic E-state index is 5.05. The zero-order valence-corrected chi connectivity index (χ0v) is 9.01. The lowest BCUT2D eigenvalue weighted by atomic mass is 10.5. The normalized spacial score (nSPS) is 9.50. The largest absolute Gasteiger partial charge is 0.495 e. The molecule has 54 valence electrons. The number of hydrogen-bond donors (Lipinski definition) is 0. The van der Waals surface area contributed by atoms with E-state index in [1.165, 1.54) is 0 Å². The molecule has 0 saturated heterocycles. The van der Waals surface area contributed by atoms with Crippen LogP contribution in [-0.2, 0) is 0 Å². The molecule has 1 heterocycles. The number of pyridine rings is 1. The van der Waals surface area contributed by atoms with Crippen molar-refractivity contribution in [2.24, 2.45) is 0 Å². The Kier molecular flexibility index (Phi) is 2.91. The summed E-state index contributed by atoms with van der Waals surface area (Å²) in [6.45, 7) is 0. The average Bonchev–Trinajstić information content (AvgIpc) is 1.94. The lowest BCUT2D eigenvalue weighted by Crippen LogP contribution is -1.87. The van der Waals surface area contributed by atoms with E-state index in [4.69, 9.17) is 4.74 Å². The first-order valence-corrected chi connectivity index (χ1v) is 4.46. The third kappa shape index (κ3) is 1.82. The van der Waals surface area contributed by atoms with Gasteiger partial charge in [-0.1, -0.05) is 0 Å². The van der Waals surface area contributed by atoms with Crippen LogP contribution in [0.4, 0.5) is 0 Å². The Morgan fingerprint density at radius 2 is 2.40 bits per heavy atom. The lowest BCUT2D eigenvalue weighted by molar-refractivity contribution is 0.411. The molecule has 1 rings (SSSR count). The van der Waals surface area contributed by atoms with Gasteiger partial charge >= 0.3 is 0 Å². The molecule has 0 aliphatic carbocycles. The monoisotopic (exact) mass is 313 g/mol. The fourth-order valence-corrected chi connectivity index (χ4v) is 1.38. The van der Waals surface area contributed by atoms with Crippen molar-refractivity contribution < 1.29 is 4.74 Å². The molecule has 0 aliphatic rings. The molecule has 4 heteroatoms. The van der Waals surface area contributed by atoms with E-state index >= 15 is 0 Å². The number of rotatable bonds is 1. The topological polar surface area (TPSA) is 22.1 Å². The van der Waals surface area contributed by atoms with Crippen LogP contribution in [0.25, 0.3) is 0 Å². The molecule has 0 atom stereocenters. The standard InChI is InChI=1S/C6H5BrINO/c1-10-5-2-6(7)9-3-4(5)8/h2-3H,1H3. The molecule has 0 saturated carbocycles. The van der Waals surface area contributed by atoms with Crippen molar-refractivity contribution in [3.63, 3.8) is 0 Å². The van der Waals surface area contributed by atoms with Gasteiger partial charge in [-0.05, 0) is 38.5 Å². The number of aromatic nitrogens is 1. The number of methoxy groups -OCH3 is 1. The van der Waals surface area contributed by atoms with Crippen LogP contribution in [0, 0.1) is 3.57 Å². The van der Waals surface area contributed by atoms with Crippen LogP contribution in [0.1, 0.15) is 0 Å². The fourth-order valence-electron chi connectivity index (χ4n) is 0.553. The Morgan fingerprint density at radius 1 is 1.70 bits per heavy atom. The molecule has 0 radical (unpaired) electrons. The predicted octanol–water partition coefficient (Wildman–Crippen LogP) is 2.46. The van der Waals surface area contributed by atoms with Gasteiger partial charge in [0.15, 0.2) is 0 Å². The van der Waals surface area contributed by atoms with Crippen molar-refractivity contribution in [2.75, 3.05) is 7.11 Å². The zero-order chi connectivity index (χ0) is 7.56. The molecule has 0 amide bonds. The van der Waals surface area contributed by atoms with Crippen molar-refractivity contribution >= 4 is 38.5 Å². The van der Waals surface area contributed by atoms with E-state index in [1.807, 2.05) is 6.07 Å². The maximum Gasteiger partial charge on any atom is 0.136 e. The highest BCUT2D eigenvalue weighted by molar-refractivity contribution is 14.1. The van der Waals surface area contributed by atoms with E-state index in [0.29, 0.717) is 0 Å². The summed E-state index contributed by atoms with van der Waals surface area (Å²) < 4.78 is 6.86.